The number of halogens is 1. The molecule has 0 N–H and O–H groups in total. The molecule has 1 aliphatic carbocycles. The predicted molar refractivity (Wildman–Crippen MR) is 131 cm³/mol. The highest BCUT2D eigenvalue weighted by molar-refractivity contribution is 6.18. The highest BCUT2D eigenvalue weighted by Gasteiger charge is 2.57. The van der Waals surface area contributed by atoms with E-state index in [2.05, 4.69) is 88.9 Å². The molecule has 1 fully saturated rings. The molecule has 0 bridgehead atoms. The molecule has 4 rings (SSSR count). The minimum atomic E-state index is 0.0542. The fourth-order valence-corrected chi connectivity index (χ4v) is 7.03. The number of alkyl halides is 1. The van der Waals surface area contributed by atoms with Gasteiger partial charge in [-0.2, -0.15) is 0 Å². The van der Waals surface area contributed by atoms with Gasteiger partial charge >= 0.3 is 0 Å². The van der Waals surface area contributed by atoms with Gasteiger partial charge in [0, 0.05) is 22.5 Å². The third kappa shape index (κ3) is 3.29. The Morgan fingerprint density at radius 2 is 1.60 bits per heavy atom. The van der Waals surface area contributed by atoms with Gasteiger partial charge in [-0.3, -0.25) is 0 Å². The zero-order chi connectivity index (χ0) is 21.7. The van der Waals surface area contributed by atoms with Crippen LogP contribution < -0.4 is 4.90 Å². The third-order valence-corrected chi connectivity index (χ3v) is 7.99. The van der Waals surface area contributed by atoms with Crippen LogP contribution in [-0.4, -0.2) is 17.5 Å². The van der Waals surface area contributed by atoms with Crippen LogP contribution in [0.2, 0.25) is 0 Å². The van der Waals surface area contributed by atoms with E-state index in [4.69, 9.17) is 11.6 Å². The number of anilines is 1. The van der Waals surface area contributed by atoms with Crippen molar-refractivity contribution in [1.29, 1.82) is 0 Å². The minimum Gasteiger partial charge on any atom is -0.361 e. The van der Waals surface area contributed by atoms with Gasteiger partial charge in [0.05, 0.1) is 6.04 Å². The molecule has 2 heteroatoms. The molecule has 1 heterocycles. The molecule has 1 aliphatic heterocycles. The molecule has 2 aliphatic rings. The molecule has 1 spiro atoms. The number of aryl methyl sites for hydroxylation is 1. The summed E-state index contributed by atoms with van der Waals surface area (Å²) in [5.41, 5.74) is 7.68. The van der Waals surface area contributed by atoms with Crippen molar-refractivity contribution < 1.29 is 0 Å². The average molecular weight is 424 g/mol. The predicted octanol–water partition coefficient (Wildman–Crippen LogP) is 7.80. The van der Waals surface area contributed by atoms with Gasteiger partial charge in [0.25, 0.3) is 0 Å². The van der Waals surface area contributed by atoms with Gasteiger partial charge in [-0.1, -0.05) is 70.2 Å². The number of rotatable bonds is 4. The van der Waals surface area contributed by atoms with Crippen LogP contribution in [0.5, 0.6) is 0 Å². The second-order valence-electron chi connectivity index (χ2n) is 10.8. The lowest BCUT2D eigenvalue weighted by molar-refractivity contribution is 0.329. The third-order valence-electron chi connectivity index (χ3n) is 7.70. The Morgan fingerprint density at radius 1 is 0.967 bits per heavy atom. The van der Waals surface area contributed by atoms with Crippen molar-refractivity contribution in [2.45, 2.75) is 96.1 Å². The molecule has 1 nitrogen and oxygen atoms in total. The number of fused-ring (bicyclic) bond motifs is 2. The van der Waals surface area contributed by atoms with E-state index < -0.39 is 0 Å². The first-order valence-corrected chi connectivity index (χ1v) is 12.3. The first-order valence-electron chi connectivity index (χ1n) is 11.8. The van der Waals surface area contributed by atoms with Crippen LogP contribution in [0.4, 0.5) is 5.69 Å². The van der Waals surface area contributed by atoms with E-state index in [-0.39, 0.29) is 11.0 Å². The number of para-hydroxylation sites is 1. The maximum atomic E-state index is 6.89. The van der Waals surface area contributed by atoms with Gasteiger partial charge < -0.3 is 4.90 Å². The van der Waals surface area contributed by atoms with E-state index in [0.29, 0.717) is 23.8 Å². The summed E-state index contributed by atoms with van der Waals surface area (Å²) < 4.78 is 0. The number of hydrogen-bond donors (Lipinski definition) is 0. The van der Waals surface area contributed by atoms with Gasteiger partial charge in [-0.05, 0) is 73.6 Å². The van der Waals surface area contributed by atoms with E-state index in [1.807, 2.05) is 0 Å². The number of nitrogens with zero attached hydrogens (tertiary/aromatic N) is 1. The van der Waals surface area contributed by atoms with Gasteiger partial charge in [0.15, 0.2) is 0 Å². The lowest BCUT2D eigenvalue weighted by atomic mass is 9.64. The van der Waals surface area contributed by atoms with Gasteiger partial charge in [-0.15, -0.1) is 11.6 Å². The van der Waals surface area contributed by atoms with Crippen LogP contribution in [0.3, 0.4) is 0 Å². The van der Waals surface area contributed by atoms with Crippen LogP contribution in [0, 0.1) is 0 Å². The summed E-state index contributed by atoms with van der Waals surface area (Å²) in [6.07, 6.45) is 4.87. The summed E-state index contributed by atoms with van der Waals surface area (Å²) in [7, 11) is 0. The Bertz CT molecular complexity index is 886. The van der Waals surface area contributed by atoms with Crippen molar-refractivity contribution in [3.05, 3.63) is 64.7 Å². The van der Waals surface area contributed by atoms with Gasteiger partial charge in [0.2, 0.25) is 0 Å². The van der Waals surface area contributed by atoms with Crippen LogP contribution in [0.25, 0.3) is 0 Å². The van der Waals surface area contributed by atoms with Crippen molar-refractivity contribution in [1.82, 2.24) is 0 Å². The quantitative estimate of drug-likeness (QED) is 0.453. The monoisotopic (exact) mass is 423 g/mol. The van der Waals surface area contributed by atoms with Crippen LogP contribution in [-0.2, 0) is 11.8 Å². The first kappa shape index (κ1) is 21.8. The maximum absolute atomic E-state index is 6.89. The molecule has 0 saturated carbocycles. The summed E-state index contributed by atoms with van der Waals surface area (Å²) in [6.45, 7) is 14.2. The lowest BCUT2D eigenvalue weighted by Crippen LogP contribution is -2.49. The molecule has 0 amide bonds. The summed E-state index contributed by atoms with van der Waals surface area (Å²) in [5.74, 6) is 1.64. The van der Waals surface area contributed by atoms with Gasteiger partial charge in [-0.25, -0.2) is 0 Å². The van der Waals surface area contributed by atoms with E-state index in [0.717, 1.165) is 0 Å². The molecule has 2 unspecified atom stereocenters. The second-order valence-corrected chi connectivity index (χ2v) is 11.1. The fourth-order valence-electron chi connectivity index (χ4n) is 6.59. The second kappa shape index (κ2) is 7.90. The summed E-state index contributed by atoms with van der Waals surface area (Å²) in [6, 6.07) is 16.4. The molecular formula is C28H38ClN. The molecule has 2 atom stereocenters. The molecule has 2 aromatic carbocycles. The van der Waals surface area contributed by atoms with Crippen LogP contribution in [0.1, 0.15) is 94.9 Å². The molecular weight excluding hydrogens is 386 g/mol. The summed E-state index contributed by atoms with van der Waals surface area (Å²) >= 11 is 6.89. The smallest absolute Gasteiger partial charge is 0.0528 e. The SMILES string of the molecule is CC(C)c1cccc(C(C)C)c1N1C(CCl)C2(CCCc3ccccc32)CC1(C)C. The molecule has 162 valence electrons. The average Bonchev–Trinajstić information content (AvgIpc) is 2.93. The number of hydrogen-bond acceptors (Lipinski definition) is 1. The van der Waals surface area contributed by atoms with Crippen molar-refractivity contribution in [3.63, 3.8) is 0 Å². The van der Waals surface area contributed by atoms with E-state index in [1.165, 1.54) is 48.1 Å². The van der Waals surface area contributed by atoms with Crippen molar-refractivity contribution in [2.75, 3.05) is 10.8 Å². The Morgan fingerprint density at radius 3 is 2.20 bits per heavy atom. The fraction of sp³-hybridized carbons (Fsp3) is 0.571. The normalized spacial score (nSPS) is 25.4. The van der Waals surface area contributed by atoms with Crippen LogP contribution in [0.15, 0.2) is 42.5 Å². The molecule has 0 aromatic heterocycles. The lowest BCUT2D eigenvalue weighted by Gasteiger charge is -2.44. The van der Waals surface area contributed by atoms with Crippen LogP contribution >= 0.6 is 11.6 Å². The molecule has 1 saturated heterocycles. The standard InChI is InChI=1S/C28H38ClN/c1-19(2)22-13-9-14-23(20(3)4)26(22)30-25(17-29)28(18-27(30,5)6)16-10-12-21-11-7-8-15-24(21)28/h7-9,11,13-15,19-20,25H,10,12,16-18H2,1-6H3. The highest BCUT2D eigenvalue weighted by Crippen LogP contribution is 2.57. The number of benzene rings is 2. The summed E-state index contributed by atoms with van der Waals surface area (Å²) in [5, 5.41) is 0. The Kier molecular flexibility index (Phi) is 5.73. The van der Waals surface area contributed by atoms with E-state index in [1.54, 1.807) is 5.56 Å². The maximum Gasteiger partial charge on any atom is 0.0528 e. The summed E-state index contributed by atoms with van der Waals surface area (Å²) in [4.78, 5) is 2.76. The van der Waals surface area contributed by atoms with E-state index >= 15 is 0 Å². The van der Waals surface area contributed by atoms with Gasteiger partial charge in [0.1, 0.15) is 0 Å². The largest absolute Gasteiger partial charge is 0.361 e. The topological polar surface area (TPSA) is 3.24 Å². The highest BCUT2D eigenvalue weighted by atomic mass is 35.5. The minimum absolute atomic E-state index is 0.0542. The Balaban J connectivity index is 1.96. The zero-order valence-corrected chi connectivity index (χ0v) is 20.4. The van der Waals surface area contributed by atoms with Crippen molar-refractivity contribution >= 4 is 17.3 Å². The Hall–Kier alpha value is -1.47. The first-order chi connectivity index (χ1) is 14.2. The van der Waals surface area contributed by atoms with Crippen molar-refractivity contribution in [2.24, 2.45) is 0 Å². The van der Waals surface area contributed by atoms with Crippen molar-refractivity contribution in [3.8, 4) is 0 Å². The molecule has 2 aromatic rings. The molecule has 0 radical (unpaired) electrons. The van der Waals surface area contributed by atoms with E-state index in [9.17, 15) is 0 Å². The Labute approximate surface area is 188 Å². The zero-order valence-electron chi connectivity index (χ0n) is 19.6. The molecule has 30 heavy (non-hydrogen) atoms.